The first-order valence-corrected chi connectivity index (χ1v) is 7.56. The summed E-state index contributed by atoms with van der Waals surface area (Å²) in [4.78, 5) is 23.2. The molecule has 0 heterocycles. The molecule has 0 aromatic heterocycles. The Morgan fingerprint density at radius 2 is 1.92 bits per heavy atom. The number of carbonyl (C=O) groups excluding carboxylic acids is 1. The van der Waals surface area contributed by atoms with Gasteiger partial charge in [-0.25, -0.2) is 0 Å². The van der Waals surface area contributed by atoms with Gasteiger partial charge < -0.3 is 24.6 Å². The van der Waals surface area contributed by atoms with Crippen molar-refractivity contribution in [3.63, 3.8) is 0 Å². The zero-order chi connectivity index (χ0) is 18.2. The van der Waals surface area contributed by atoms with Crippen LogP contribution in [0.1, 0.15) is 25.3 Å². The lowest BCUT2D eigenvalue weighted by atomic mass is 9.98. The summed E-state index contributed by atoms with van der Waals surface area (Å²) in [5, 5.41) is 11.7. The quantitative estimate of drug-likeness (QED) is 0.673. The molecule has 0 saturated heterocycles. The van der Waals surface area contributed by atoms with Gasteiger partial charge in [0.1, 0.15) is 11.5 Å². The molecule has 0 radical (unpaired) electrons. The van der Waals surface area contributed by atoms with Crippen molar-refractivity contribution < 1.29 is 28.9 Å². The summed E-state index contributed by atoms with van der Waals surface area (Å²) in [6.45, 7) is 1.77. The van der Waals surface area contributed by atoms with Crippen molar-refractivity contribution in [1.82, 2.24) is 5.32 Å². The number of methoxy groups -OCH3 is 3. The number of benzene rings is 1. The molecule has 0 aliphatic rings. The van der Waals surface area contributed by atoms with Gasteiger partial charge in [0.05, 0.1) is 32.8 Å². The zero-order valence-corrected chi connectivity index (χ0v) is 14.5. The Labute approximate surface area is 141 Å². The third kappa shape index (κ3) is 6.08. The van der Waals surface area contributed by atoms with Gasteiger partial charge in [0, 0.05) is 13.5 Å². The molecule has 2 N–H and O–H groups in total. The molecule has 1 aromatic carbocycles. The number of ether oxygens (including phenoxy) is 3. The van der Waals surface area contributed by atoms with Gasteiger partial charge in [-0.3, -0.25) is 9.59 Å². The third-order valence-corrected chi connectivity index (χ3v) is 3.55. The van der Waals surface area contributed by atoms with Crippen LogP contribution >= 0.6 is 0 Å². The highest BCUT2D eigenvalue weighted by Gasteiger charge is 2.29. The van der Waals surface area contributed by atoms with Gasteiger partial charge >= 0.3 is 5.97 Å². The number of aryl methyl sites for hydroxylation is 1. The van der Waals surface area contributed by atoms with Crippen LogP contribution in [-0.4, -0.2) is 50.5 Å². The van der Waals surface area contributed by atoms with E-state index >= 15 is 0 Å². The second-order valence-corrected chi connectivity index (χ2v) is 5.79. The van der Waals surface area contributed by atoms with Crippen molar-refractivity contribution >= 4 is 11.9 Å². The van der Waals surface area contributed by atoms with Crippen molar-refractivity contribution in [3.05, 3.63) is 23.8 Å². The minimum atomic E-state index is -0.996. The molecule has 0 spiro atoms. The van der Waals surface area contributed by atoms with Gasteiger partial charge in [-0.15, -0.1) is 0 Å². The molecule has 24 heavy (non-hydrogen) atoms. The van der Waals surface area contributed by atoms with Crippen molar-refractivity contribution in [2.45, 2.75) is 31.7 Å². The normalized spacial score (nSPS) is 13.0. The van der Waals surface area contributed by atoms with E-state index in [-0.39, 0.29) is 25.4 Å². The third-order valence-electron chi connectivity index (χ3n) is 3.55. The van der Waals surface area contributed by atoms with Gasteiger partial charge in [0.25, 0.3) is 0 Å². The number of nitrogens with one attached hydrogen (secondary N) is 1. The monoisotopic (exact) mass is 339 g/mol. The minimum Gasteiger partial charge on any atom is -0.497 e. The number of carboxylic acids is 1. The molecule has 7 nitrogen and oxygen atoms in total. The van der Waals surface area contributed by atoms with Crippen LogP contribution in [0.5, 0.6) is 11.5 Å². The summed E-state index contributed by atoms with van der Waals surface area (Å²) < 4.78 is 15.5. The number of hydrogen-bond donors (Lipinski definition) is 2. The Hall–Kier alpha value is -2.28. The molecule has 0 aliphatic heterocycles. The van der Waals surface area contributed by atoms with Crippen molar-refractivity contribution in [3.8, 4) is 11.5 Å². The van der Waals surface area contributed by atoms with E-state index in [1.807, 2.05) is 6.07 Å². The number of rotatable bonds is 10. The average molecular weight is 339 g/mol. The van der Waals surface area contributed by atoms with E-state index in [0.717, 1.165) is 5.56 Å². The number of carbonyl (C=O) groups is 2. The number of hydrogen-bond acceptors (Lipinski definition) is 5. The predicted octanol–water partition coefficient (Wildman–Crippen LogP) is 1.63. The van der Waals surface area contributed by atoms with Crippen LogP contribution in [0.4, 0.5) is 0 Å². The van der Waals surface area contributed by atoms with Gasteiger partial charge in [-0.1, -0.05) is 0 Å². The van der Waals surface area contributed by atoms with Gasteiger partial charge in [0.15, 0.2) is 0 Å². The van der Waals surface area contributed by atoms with Crippen LogP contribution in [0.3, 0.4) is 0 Å². The number of aliphatic carboxylic acids is 1. The van der Waals surface area contributed by atoms with Crippen LogP contribution in [0, 0.1) is 0 Å². The molecule has 1 amide bonds. The first-order chi connectivity index (χ1) is 11.3. The molecule has 134 valence electrons. The van der Waals surface area contributed by atoms with E-state index < -0.39 is 11.5 Å². The standard InChI is InChI=1S/C17H25NO6/c1-17(11-22-2,10-16(20)21)18-15(19)8-5-12-9-13(23-3)6-7-14(12)24-4/h6-7,9H,5,8,10-11H2,1-4H3,(H,18,19)(H,20,21). The van der Waals surface area contributed by atoms with E-state index in [4.69, 9.17) is 19.3 Å². The number of carboxylic acid groups (broad SMARTS) is 1. The van der Waals surface area contributed by atoms with E-state index in [9.17, 15) is 9.59 Å². The lowest BCUT2D eigenvalue weighted by Gasteiger charge is -2.28. The fourth-order valence-corrected chi connectivity index (χ4v) is 2.51. The predicted molar refractivity (Wildman–Crippen MR) is 88.5 cm³/mol. The second-order valence-electron chi connectivity index (χ2n) is 5.79. The maximum atomic E-state index is 12.2. The molecule has 7 heteroatoms. The molecular weight excluding hydrogens is 314 g/mol. The molecule has 1 atom stereocenters. The van der Waals surface area contributed by atoms with Gasteiger partial charge in [-0.05, 0) is 37.1 Å². The first kappa shape index (κ1) is 19.8. The summed E-state index contributed by atoms with van der Waals surface area (Å²) in [5.74, 6) is 0.111. The Kier molecular flexibility index (Phi) is 7.51. The zero-order valence-electron chi connectivity index (χ0n) is 14.5. The van der Waals surface area contributed by atoms with E-state index in [1.54, 1.807) is 33.3 Å². The topological polar surface area (TPSA) is 94.1 Å². The highest BCUT2D eigenvalue weighted by molar-refractivity contribution is 5.78. The molecule has 0 fully saturated rings. The van der Waals surface area contributed by atoms with Crippen LogP contribution in [-0.2, 0) is 20.7 Å². The number of amides is 1. The van der Waals surface area contributed by atoms with Crippen molar-refractivity contribution in [1.29, 1.82) is 0 Å². The molecule has 1 unspecified atom stereocenters. The summed E-state index contributed by atoms with van der Waals surface area (Å²) >= 11 is 0. The Morgan fingerprint density at radius 1 is 1.21 bits per heavy atom. The van der Waals surface area contributed by atoms with Crippen LogP contribution in [0.2, 0.25) is 0 Å². The van der Waals surface area contributed by atoms with Crippen molar-refractivity contribution in [2.24, 2.45) is 0 Å². The smallest absolute Gasteiger partial charge is 0.305 e. The maximum absolute atomic E-state index is 12.2. The van der Waals surface area contributed by atoms with Gasteiger partial charge in [-0.2, -0.15) is 0 Å². The minimum absolute atomic E-state index is 0.119. The summed E-state index contributed by atoms with van der Waals surface area (Å²) in [6, 6.07) is 5.38. The summed E-state index contributed by atoms with van der Waals surface area (Å²) in [5.41, 5.74) is -0.102. The Bertz CT molecular complexity index is 574. The van der Waals surface area contributed by atoms with E-state index in [1.165, 1.54) is 7.11 Å². The Balaban J connectivity index is 2.72. The van der Waals surface area contributed by atoms with Crippen molar-refractivity contribution in [2.75, 3.05) is 27.9 Å². The summed E-state index contributed by atoms with van der Waals surface area (Å²) in [7, 11) is 4.60. The maximum Gasteiger partial charge on any atom is 0.305 e. The van der Waals surface area contributed by atoms with Gasteiger partial charge in [0.2, 0.25) is 5.91 Å². The SMILES string of the molecule is COCC(C)(CC(=O)O)NC(=O)CCc1cc(OC)ccc1OC. The largest absolute Gasteiger partial charge is 0.497 e. The lowest BCUT2D eigenvalue weighted by molar-refractivity contribution is -0.139. The molecule has 0 bridgehead atoms. The Morgan fingerprint density at radius 3 is 2.46 bits per heavy atom. The fraction of sp³-hybridized carbons (Fsp3) is 0.529. The molecular formula is C17H25NO6. The second kappa shape index (κ2) is 9.12. The lowest BCUT2D eigenvalue weighted by Crippen LogP contribution is -2.50. The average Bonchev–Trinajstić information content (AvgIpc) is 2.51. The van der Waals surface area contributed by atoms with E-state index in [2.05, 4.69) is 5.32 Å². The summed E-state index contributed by atoms with van der Waals surface area (Å²) in [6.07, 6.45) is 0.430. The van der Waals surface area contributed by atoms with E-state index in [0.29, 0.717) is 17.9 Å². The van der Waals surface area contributed by atoms with Crippen LogP contribution in [0.25, 0.3) is 0 Å². The van der Waals surface area contributed by atoms with Crippen LogP contribution in [0.15, 0.2) is 18.2 Å². The van der Waals surface area contributed by atoms with Crippen LogP contribution < -0.4 is 14.8 Å². The first-order valence-electron chi connectivity index (χ1n) is 7.56. The highest BCUT2D eigenvalue weighted by Crippen LogP contribution is 2.25. The molecule has 0 saturated carbocycles. The highest BCUT2D eigenvalue weighted by atomic mass is 16.5. The molecule has 1 rings (SSSR count). The molecule has 1 aromatic rings. The fourth-order valence-electron chi connectivity index (χ4n) is 2.51. The molecule has 0 aliphatic carbocycles.